The molecule has 0 spiro atoms. The van der Waals surface area contributed by atoms with Gasteiger partial charge in [-0.1, -0.05) is 12.1 Å². The van der Waals surface area contributed by atoms with E-state index in [-0.39, 0.29) is 30.0 Å². The number of benzene rings is 1. The van der Waals surface area contributed by atoms with E-state index in [1.807, 2.05) is 6.92 Å². The summed E-state index contributed by atoms with van der Waals surface area (Å²) in [5.41, 5.74) is 0.229. The first kappa shape index (κ1) is 16.6. The molecule has 0 saturated carbocycles. The van der Waals surface area contributed by atoms with Crippen molar-refractivity contribution in [3.63, 3.8) is 0 Å². The molecular weight excluding hydrogens is 283 g/mol. The van der Waals surface area contributed by atoms with E-state index < -0.39 is 5.41 Å². The predicted octanol–water partition coefficient (Wildman–Crippen LogP) is 2.35. The van der Waals surface area contributed by atoms with E-state index in [1.165, 1.54) is 19.1 Å². The molecule has 1 aliphatic rings. The van der Waals surface area contributed by atoms with Gasteiger partial charge in [-0.3, -0.25) is 9.59 Å². The van der Waals surface area contributed by atoms with Crippen molar-refractivity contribution in [3.05, 3.63) is 35.6 Å². The molecule has 1 aromatic carbocycles. The molecule has 2 N–H and O–H groups in total. The standard InChI is InChI=1S/C17H23FN2O2/c1-12(21)11-17(7-9-19-10-8-17)16(22)20-13(2)14-3-5-15(18)6-4-14/h3-6,13,19H,7-11H2,1-2H3,(H,20,22)/t13-/m0/s1. The summed E-state index contributed by atoms with van der Waals surface area (Å²) in [6, 6.07) is 5.88. The van der Waals surface area contributed by atoms with Gasteiger partial charge in [-0.05, 0) is 57.5 Å². The largest absolute Gasteiger partial charge is 0.349 e. The molecule has 0 aliphatic carbocycles. The van der Waals surface area contributed by atoms with E-state index in [9.17, 15) is 14.0 Å². The topological polar surface area (TPSA) is 58.2 Å². The zero-order chi connectivity index (χ0) is 16.2. The molecule has 120 valence electrons. The third kappa shape index (κ3) is 3.91. The van der Waals surface area contributed by atoms with Crippen molar-refractivity contribution in [2.24, 2.45) is 5.41 Å². The fourth-order valence-corrected chi connectivity index (χ4v) is 3.05. The highest BCUT2D eigenvalue weighted by molar-refractivity contribution is 5.89. The van der Waals surface area contributed by atoms with Gasteiger partial charge in [0.1, 0.15) is 11.6 Å². The molecule has 1 fully saturated rings. The Kier molecular flexibility index (Phi) is 5.29. The summed E-state index contributed by atoms with van der Waals surface area (Å²) in [5, 5.41) is 6.22. The molecule has 0 aromatic heterocycles. The minimum Gasteiger partial charge on any atom is -0.349 e. The summed E-state index contributed by atoms with van der Waals surface area (Å²) >= 11 is 0. The highest BCUT2D eigenvalue weighted by atomic mass is 19.1. The van der Waals surface area contributed by atoms with Crippen LogP contribution < -0.4 is 10.6 Å². The second kappa shape index (κ2) is 7.01. The van der Waals surface area contributed by atoms with Gasteiger partial charge in [0.25, 0.3) is 0 Å². The van der Waals surface area contributed by atoms with Crippen LogP contribution in [0.15, 0.2) is 24.3 Å². The smallest absolute Gasteiger partial charge is 0.227 e. The number of hydrogen-bond donors (Lipinski definition) is 2. The number of rotatable bonds is 5. The van der Waals surface area contributed by atoms with Crippen molar-refractivity contribution >= 4 is 11.7 Å². The van der Waals surface area contributed by atoms with Gasteiger partial charge in [0.2, 0.25) is 5.91 Å². The summed E-state index contributed by atoms with van der Waals surface area (Å²) < 4.78 is 13.0. The Hall–Kier alpha value is -1.75. The minimum atomic E-state index is -0.620. The number of nitrogens with one attached hydrogen (secondary N) is 2. The van der Waals surface area contributed by atoms with Crippen molar-refractivity contribution in [2.75, 3.05) is 13.1 Å². The lowest BCUT2D eigenvalue weighted by molar-refractivity contribution is -0.137. The van der Waals surface area contributed by atoms with E-state index in [2.05, 4.69) is 10.6 Å². The minimum absolute atomic E-state index is 0.0338. The van der Waals surface area contributed by atoms with Gasteiger partial charge in [-0.15, -0.1) is 0 Å². The molecule has 1 atom stereocenters. The number of piperidine rings is 1. The summed E-state index contributed by atoms with van der Waals surface area (Å²) in [6.07, 6.45) is 1.60. The lowest BCUT2D eigenvalue weighted by Crippen LogP contribution is -2.49. The molecule has 0 bridgehead atoms. The van der Waals surface area contributed by atoms with Gasteiger partial charge < -0.3 is 10.6 Å². The number of Topliss-reactive ketones (excluding diaryl/α,β-unsaturated/α-hetero) is 1. The Morgan fingerprint density at radius 2 is 1.86 bits per heavy atom. The first-order chi connectivity index (χ1) is 10.4. The molecule has 22 heavy (non-hydrogen) atoms. The van der Waals surface area contributed by atoms with Gasteiger partial charge in [-0.25, -0.2) is 4.39 Å². The van der Waals surface area contributed by atoms with E-state index >= 15 is 0 Å². The monoisotopic (exact) mass is 306 g/mol. The molecule has 5 heteroatoms. The second-order valence-electron chi connectivity index (χ2n) is 6.16. The second-order valence-corrected chi connectivity index (χ2v) is 6.16. The fraction of sp³-hybridized carbons (Fsp3) is 0.529. The zero-order valence-electron chi connectivity index (χ0n) is 13.1. The highest BCUT2D eigenvalue weighted by Gasteiger charge is 2.40. The average Bonchev–Trinajstić information content (AvgIpc) is 2.48. The molecule has 2 rings (SSSR count). The molecule has 0 radical (unpaired) electrons. The maximum absolute atomic E-state index is 13.0. The third-order valence-electron chi connectivity index (χ3n) is 4.35. The highest BCUT2D eigenvalue weighted by Crippen LogP contribution is 2.34. The van der Waals surface area contributed by atoms with Crippen molar-refractivity contribution < 1.29 is 14.0 Å². The van der Waals surface area contributed by atoms with Crippen LogP contribution in [0.1, 0.15) is 44.7 Å². The number of hydrogen-bond acceptors (Lipinski definition) is 3. The molecule has 1 saturated heterocycles. The Balaban J connectivity index is 2.10. The fourth-order valence-electron chi connectivity index (χ4n) is 3.05. The van der Waals surface area contributed by atoms with Crippen LogP contribution in [0.4, 0.5) is 4.39 Å². The van der Waals surface area contributed by atoms with Crippen molar-refractivity contribution in [2.45, 2.75) is 39.2 Å². The maximum Gasteiger partial charge on any atom is 0.227 e. The molecular formula is C17H23FN2O2. The number of ketones is 1. The molecule has 1 heterocycles. The Labute approximate surface area is 130 Å². The van der Waals surface area contributed by atoms with Gasteiger partial charge in [0.05, 0.1) is 11.5 Å². The average molecular weight is 306 g/mol. The van der Waals surface area contributed by atoms with Crippen LogP contribution in [0.5, 0.6) is 0 Å². The first-order valence-electron chi connectivity index (χ1n) is 7.69. The SMILES string of the molecule is CC(=O)CC1(C(=O)N[C@@H](C)c2ccc(F)cc2)CCNCC1. The van der Waals surface area contributed by atoms with Crippen LogP contribution in [-0.2, 0) is 9.59 Å². The van der Waals surface area contributed by atoms with Crippen LogP contribution in [-0.4, -0.2) is 24.8 Å². The van der Waals surface area contributed by atoms with Gasteiger partial charge in [0.15, 0.2) is 0 Å². The van der Waals surface area contributed by atoms with Crippen LogP contribution in [0, 0.1) is 11.2 Å². The van der Waals surface area contributed by atoms with Crippen LogP contribution in [0.2, 0.25) is 0 Å². The van der Waals surface area contributed by atoms with Gasteiger partial charge >= 0.3 is 0 Å². The maximum atomic E-state index is 13.0. The molecule has 1 aliphatic heterocycles. The number of amides is 1. The van der Waals surface area contributed by atoms with E-state index in [0.717, 1.165) is 18.7 Å². The van der Waals surface area contributed by atoms with Gasteiger partial charge in [0, 0.05) is 6.42 Å². The van der Waals surface area contributed by atoms with Crippen molar-refractivity contribution in [3.8, 4) is 0 Å². The normalized spacial score (nSPS) is 18.5. The summed E-state index contributed by atoms with van der Waals surface area (Å²) in [4.78, 5) is 24.3. The summed E-state index contributed by atoms with van der Waals surface area (Å²) in [7, 11) is 0. The molecule has 4 nitrogen and oxygen atoms in total. The number of carbonyl (C=O) groups excluding carboxylic acids is 2. The van der Waals surface area contributed by atoms with Crippen LogP contribution in [0.3, 0.4) is 0 Å². The van der Waals surface area contributed by atoms with Crippen molar-refractivity contribution in [1.29, 1.82) is 0 Å². The van der Waals surface area contributed by atoms with Crippen LogP contribution >= 0.6 is 0 Å². The van der Waals surface area contributed by atoms with E-state index in [4.69, 9.17) is 0 Å². The number of halogens is 1. The predicted molar refractivity (Wildman–Crippen MR) is 82.8 cm³/mol. The summed E-state index contributed by atoms with van der Waals surface area (Å²) in [6.45, 7) is 4.88. The van der Waals surface area contributed by atoms with Gasteiger partial charge in [-0.2, -0.15) is 0 Å². The third-order valence-corrected chi connectivity index (χ3v) is 4.35. The Morgan fingerprint density at radius 3 is 2.41 bits per heavy atom. The Bertz CT molecular complexity index is 536. The lowest BCUT2D eigenvalue weighted by Gasteiger charge is -2.36. The number of carbonyl (C=O) groups is 2. The van der Waals surface area contributed by atoms with E-state index in [1.54, 1.807) is 12.1 Å². The molecule has 1 aromatic rings. The van der Waals surface area contributed by atoms with Crippen LogP contribution in [0.25, 0.3) is 0 Å². The van der Waals surface area contributed by atoms with E-state index in [0.29, 0.717) is 12.8 Å². The Morgan fingerprint density at radius 1 is 1.27 bits per heavy atom. The molecule has 0 unspecified atom stereocenters. The van der Waals surface area contributed by atoms with Crippen molar-refractivity contribution in [1.82, 2.24) is 10.6 Å². The molecule has 1 amide bonds. The lowest BCUT2D eigenvalue weighted by atomic mass is 9.74. The summed E-state index contributed by atoms with van der Waals surface area (Å²) in [5.74, 6) is -0.346. The zero-order valence-corrected chi connectivity index (χ0v) is 13.1. The first-order valence-corrected chi connectivity index (χ1v) is 7.69. The quantitative estimate of drug-likeness (QED) is 0.878.